The molecule has 4 aliphatic rings. The Morgan fingerprint density at radius 1 is 1.27 bits per heavy atom. The Balaban J connectivity index is 1.42. The van der Waals surface area contributed by atoms with E-state index in [0.717, 1.165) is 23.8 Å². The minimum Gasteiger partial charge on any atom is -0.354 e. The first-order chi connectivity index (χ1) is 12.2. The summed E-state index contributed by atoms with van der Waals surface area (Å²) in [5.74, 6) is 2.16. The molecule has 4 saturated carbocycles. The van der Waals surface area contributed by atoms with E-state index in [9.17, 15) is 18.0 Å². The van der Waals surface area contributed by atoms with Gasteiger partial charge in [0.15, 0.2) is 5.69 Å². The smallest absolute Gasteiger partial charge is 0.354 e. The number of carbonyl (C=O) groups is 1. The number of rotatable bonds is 4. The van der Waals surface area contributed by atoms with Gasteiger partial charge in [-0.1, -0.05) is 0 Å². The number of aromatic nitrogens is 2. The van der Waals surface area contributed by atoms with E-state index in [1.807, 2.05) is 0 Å². The molecular formula is C19H26F3N3O. The number of carbonyl (C=O) groups excluding carboxylic acids is 1. The molecule has 0 saturated heterocycles. The zero-order valence-corrected chi connectivity index (χ0v) is 15.3. The average molecular weight is 369 g/mol. The molecule has 4 aliphatic carbocycles. The highest BCUT2D eigenvalue weighted by Crippen LogP contribution is 2.59. The molecular weight excluding hydrogens is 343 g/mol. The lowest BCUT2D eigenvalue weighted by Crippen LogP contribution is -2.51. The van der Waals surface area contributed by atoms with Crippen molar-refractivity contribution in [1.29, 1.82) is 0 Å². The van der Waals surface area contributed by atoms with Crippen LogP contribution in [-0.2, 0) is 11.0 Å². The second kappa shape index (κ2) is 5.99. The maximum atomic E-state index is 12.8. The van der Waals surface area contributed by atoms with Gasteiger partial charge in [-0.25, -0.2) is 0 Å². The molecule has 0 aromatic carbocycles. The van der Waals surface area contributed by atoms with Crippen molar-refractivity contribution in [3.8, 4) is 0 Å². The van der Waals surface area contributed by atoms with Gasteiger partial charge in [0.25, 0.3) is 0 Å². The zero-order chi connectivity index (χ0) is 18.7. The van der Waals surface area contributed by atoms with E-state index in [1.165, 1.54) is 43.2 Å². The molecule has 1 aromatic heterocycles. The predicted octanol–water partition coefficient (Wildman–Crippen LogP) is 4.10. The van der Waals surface area contributed by atoms with E-state index < -0.39 is 17.9 Å². The van der Waals surface area contributed by atoms with E-state index in [1.54, 1.807) is 13.8 Å². The predicted molar refractivity (Wildman–Crippen MR) is 90.3 cm³/mol. The Morgan fingerprint density at radius 3 is 2.27 bits per heavy atom. The van der Waals surface area contributed by atoms with Crippen LogP contribution in [0.4, 0.5) is 13.2 Å². The molecule has 144 valence electrons. The van der Waals surface area contributed by atoms with Crippen LogP contribution < -0.4 is 5.32 Å². The van der Waals surface area contributed by atoms with Crippen molar-refractivity contribution in [3.63, 3.8) is 0 Å². The third kappa shape index (κ3) is 3.14. The topological polar surface area (TPSA) is 46.9 Å². The summed E-state index contributed by atoms with van der Waals surface area (Å²) < 4.78 is 39.7. The van der Waals surface area contributed by atoms with Crippen molar-refractivity contribution < 1.29 is 18.0 Å². The maximum absolute atomic E-state index is 12.8. The highest BCUT2D eigenvalue weighted by molar-refractivity contribution is 5.79. The third-order valence-corrected chi connectivity index (χ3v) is 6.76. The second-order valence-corrected chi connectivity index (χ2v) is 8.92. The second-order valence-electron chi connectivity index (χ2n) is 8.92. The molecule has 5 rings (SSSR count). The Labute approximate surface area is 151 Å². The van der Waals surface area contributed by atoms with Gasteiger partial charge in [-0.15, -0.1) is 0 Å². The van der Waals surface area contributed by atoms with Gasteiger partial charge in [-0.3, -0.25) is 9.48 Å². The molecule has 1 amide bonds. The summed E-state index contributed by atoms with van der Waals surface area (Å²) in [4.78, 5) is 12.6. The Morgan fingerprint density at radius 2 is 1.81 bits per heavy atom. The number of halogens is 3. The molecule has 0 aliphatic heterocycles. The van der Waals surface area contributed by atoms with Crippen LogP contribution in [0.2, 0.25) is 0 Å². The first kappa shape index (κ1) is 17.9. The summed E-state index contributed by atoms with van der Waals surface area (Å²) >= 11 is 0. The van der Waals surface area contributed by atoms with Crippen molar-refractivity contribution in [2.24, 2.45) is 23.2 Å². The molecule has 4 nitrogen and oxygen atoms in total. The van der Waals surface area contributed by atoms with Crippen LogP contribution in [0.25, 0.3) is 0 Å². The lowest BCUT2D eigenvalue weighted by Gasteiger charge is -2.57. The van der Waals surface area contributed by atoms with E-state index >= 15 is 0 Å². The Kier molecular flexibility index (Phi) is 4.12. The first-order valence-electron chi connectivity index (χ1n) is 9.56. The van der Waals surface area contributed by atoms with Gasteiger partial charge in [-0.05, 0) is 81.6 Å². The molecule has 0 spiro atoms. The summed E-state index contributed by atoms with van der Waals surface area (Å²) in [6.07, 6.45) is 3.10. The molecule has 1 unspecified atom stereocenters. The minimum absolute atomic E-state index is 0.209. The molecule has 1 atom stereocenters. The van der Waals surface area contributed by atoms with Gasteiger partial charge in [0.2, 0.25) is 5.91 Å². The van der Waals surface area contributed by atoms with Crippen LogP contribution in [0.15, 0.2) is 6.07 Å². The molecule has 7 heteroatoms. The van der Waals surface area contributed by atoms with E-state index in [2.05, 4.69) is 10.4 Å². The highest BCUT2D eigenvalue weighted by atomic mass is 19.4. The van der Waals surface area contributed by atoms with Gasteiger partial charge in [0.1, 0.15) is 6.04 Å². The van der Waals surface area contributed by atoms with Crippen molar-refractivity contribution in [1.82, 2.24) is 15.1 Å². The lowest BCUT2D eigenvalue weighted by atomic mass is 9.49. The van der Waals surface area contributed by atoms with Crippen molar-refractivity contribution in [3.05, 3.63) is 17.5 Å². The number of aryl methyl sites for hydroxylation is 1. The highest BCUT2D eigenvalue weighted by Gasteiger charge is 2.50. The van der Waals surface area contributed by atoms with Crippen LogP contribution in [0, 0.1) is 30.1 Å². The maximum Gasteiger partial charge on any atom is 0.435 e. The Bertz CT molecular complexity index is 674. The van der Waals surface area contributed by atoms with Crippen LogP contribution >= 0.6 is 0 Å². The summed E-state index contributed by atoms with van der Waals surface area (Å²) in [5.41, 5.74) is -0.397. The normalized spacial score (nSPS) is 34.1. The van der Waals surface area contributed by atoms with Crippen molar-refractivity contribution in [2.45, 2.75) is 64.6 Å². The van der Waals surface area contributed by atoms with Gasteiger partial charge in [0.05, 0.1) is 0 Å². The molecule has 1 aromatic rings. The SMILES string of the molecule is Cc1cc(C(F)(F)F)nn1C(C)C(=O)NCC12CC3CC(CC(C3)C1)C2. The number of hydrogen-bond donors (Lipinski definition) is 1. The minimum atomic E-state index is -4.49. The summed E-state index contributed by atoms with van der Waals surface area (Å²) in [5, 5.41) is 6.64. The fraction of sp³-hybridized carbons (Fsp3) is 0.789. The fourth-order valence-corrected chi connectivity index (χ4v) is 6.06. The van der Waals surface area contributed by atoms with Gasteiger partial charge >= 0.3 is 6.18 Å². The number of amides is 1. The molecule has 1 heterocycles. The lowest BCUT2D eigenvalue weighted by molar-refractivity contribution is -0.142. The molecule has 1 N–H and O–H groups in total. The van der Waals surface area contributed by atoms with Gasteiger partial charge in [-0.2, -0.15) is 18.3 Å². The van der Waals surface area contributed by atoms with E-state index in [-0.39, 0.29) is 11.3 Å². The van der Waals surface area contributed by atoms with Crippen LogP contribution in [-0.4, -0.2) is 22.2 Å². The van der Waals surface area contributed by atoms with Crippen molar-refractivity contribution >= 4 is 5.91 Å². The molecule has 4 fully saturated rings. The number of nitrogens with zero attached hydrogens (tertiary/aromatic N) is 2. The van der Waals surface area contributed by atoms with E-state index in [4.69, 9.17) is 0 Å². The molecule has 26 heavy (non-hydrogen) atoms. The quantitative estimate of drug-likeness (QED) is 0.868. The number of hydrogen-bond acceptors (Lipinski definition) is 2. The summed E-state index contributed by atoms with van der Waals surface area (Å²) in [6.45, 7) is 3.80. The fourth-order valence-electron chi connectivity index (χ4n) is 6.06. The zero-order valence-electron chi connectivity index (χ0n) is 15.3. The Hall–Kier alpha value is -1.53. The van der Waals surface area contributed by atoms with Crippen LogP contribution in [0.5, 0.6) is 0 Å². The monoisotopic (exact) mass is 369 g/mol. The standard InChI is InChI=1S/C19H26F3N3O/c1-11-3-16(19(20,21)22)24-25(11)12(2)17(26)23-10-18-7-13-4-14(8-18)6-15(5-13)9-18/h3,12-15H,4-10H2,1-2H3,(H,23,26). The molecule has 0 radical (unpaired) electrons. The average Bonchev–Trinajstić information content (AvgIpc) is 2.93. The number of nitrogens with one attached hydrogen (secondary N) is 1. The summed E-state index contributed by atoms with van der Waals surface area (Å²) in [7, 11) is 0. The number of alkyl halides is 3. The largest absolute Gasteiger partial charge is 0.435 e. The first-order valence-corrected chi connectivity index (χ1v) is 9.56. The van der Waals surface area contributed by atoms with Crippen molar-refractivity contribution in [2.75, 3.05) is 6.54 Å². The van der Waals surface area contributed by atoms with Crippen LogP contribution in [0.3, 0.4) is 0 Å². The van der Waals surface area contributed by atoms with Gasteiger partial charge in [0, 0.05) is 12.2 Å². The molecule has 4 bridgehead atoms. The van der Waals surface area contributed by atoms with Gasteiger partial charge < -0.3 is 5.32 Å². The third-order valence-electron chi connectivity index (χ3n) is 6.76. The van der Waals surface area contributed by atoms with E-state index in [0.29, 0.717) is 12.2 Å². The van der Waals surface area contributed by atoms with Crippen LogP contribution in [0.1, 0.15) is 62.9 Å². The summed E-state index contributed by atoms with van der Waals surface area (Å²) in [6, 6.07) is 0.239.